The minimum absolute atomic E-state index is 0.0679. The lowest BCUT2D eigenvalue weighted by atomic mass is 10.0. The molecule has 3 amide bonds. The van der Waals surface area contributed by atoms with E-state index in [2.05, 4.69) is 10.4 Å². The van der Waals surface area contributed by atoms with E-state index >= 15 is 0 Å². The Morgan fingerprint density at radius 1 is 1.20 bits per heavy atom. The van der Waals surface area contributed by atoms with E-state index in [1.807, 2.05) is 24.3 Å². The highest BCUT2D eigenvalue weighted by atomic mass is 16.3. The molecule has 6 nitrogen and oxygen atoms in total. The van der Waals surface area contributed by atoms with Crippen LogP contribution in [0.5, 0.6) is 5.75 Å². The quantitative estimate of drug-likeness (QED) is 0.639. The van der Waals surface area contributed by atoms with Crippen LogP contribution in [-0.2, 0) is 4.79 Å². The number of carbonyl (C=O) groups excluding carboxylic acids is 2. The van der Waals surface area contributed by atoms with Gasteiger partial charge in [-0.2, -0.15) is 5.10 Å². The van der Waals surface area contributed by atoms with Crippen molar-refractivity contribution in [3.8, 4) is 5.75 Å². The van der Waals surface area contributed by atoms with Gasteiger partial charge in [-0.1, -0.05) is 30.3 Å². The highest BCUT2D eigenvalue weighted by Gasteiger charge is 2.26. The summed E-state index contributed by atoms with van der Waals surface area (Å²) in [5, 5.41) is 18.8. The summed E-state index contributed by atoms with van der Waals surface area (Å²) in [4.78, 5) is 22.4. The van der Waals surface area contributed by atoms with Crippen LogP contribution in [0.2, 0.25) is 0 Å². The molecule has 1 heterocycles. The first-order valence-corrected chi connectivity index (χ1v) is 6.01. The second-order valence-corrected chi connectivity index (χ2v) is 4.38. The summed E-state index contributed by atoms with van der Waals surface area (Å²) in [6.07, 6.45) is 1.38. The van der Waals surface area contributed by atoms with Gasteiger partial charge >= 0.3 is 6.03 Å². The Labute approximate surface area is 114 Å². The maximum atomic E-state index is 11.4. The summed E-state index contributed by atoms with van der Waals surface area (Å²) in [6, 6.07) is 10.3. The SMILES string of the molecule is O=C1CN(N=Cc2c(O)ccc3ccccc23)C(=O)N1. The maximum Gasteiger partial charge on any atom is 0.344 e. The molecule has 1 aliphatic rings. The number of nitrogens with zero attached hydrogens (tertiary/aromatic N) is 2. The molecule has 0 saturated carbocycles. The van der Waals surface area contributed by atoms with E-state index < -0.39 is 11.9 Å². The van der Waals surface area contributed by atoms with E-state index in [1.54, 1.807) is 12.1 Å². The van der Waals surface area contributed by atoms with Crippen LogP contribution in [0.15, 0.2) is 41.5 Å². The van der Waals surface area contributed by atoms with E-state index in [4.69, 9.17) is 0 Å². The van der Waals surface area contributed by atoms with Crippen LogP contribution >= 0.6 is 0 Å². The molecule has 6 heteroatoms. The number of hydrazone groups is 1. The molecule has 0 aliphatic carbocycles. The summed E-state index contributed by atoms with van der Waals surface area (Å²) < 4.78 is 0. The van der Waals surface area contributed by atoms with Crippen LogP contribution in [0.1, 0.15) is 5.56 Å². The second kappa shape index (κ2) is 4.65. The Morgan fingerprint density at radius 3 is 2.75 bits per heavy atom. The fourth-order valence-electron chi connectivity index (χ4n) is 2.07. The first-order chi connectivity index (χ1) is 9.65. The van der Waals surface area contributed by atoms with E-state index in [1.165, 1.54) is 6.21 Å². The highest BCUT2D eigenvalue weighted by Crippen LogP contribution is 2.25. The number of hydrogen-bond donors (Lipinski definition) is 2. The van der Waals surface area contributed by atoms with Crippen LogP contribution in [0.25, 0.3) is 10.8 Å². The molecular weight excluding hydrogens is 258 g/mol. The number of nitrogens with one attached hydrogen (secondary N) is 1. The molecule has 1 aliphatic heterocycles. The second-order valence-electron chi connectivity index (χ2n) is 4.38. The molecule has 2 N–H and O–H groups in total. The number of fused-ring (bicyclic) bond motifs is 1. The lowest BCUT2D eigenvalue weighted by Gasteiger charge is -2.07. The number of imide groups is 1. The van der Waals surface area contributed by atoms with Crippen molar-refractivity contribution < 1.29 is 14.7 Å². The minimum Gasteiger partial charge on any atom is -0.507 e. The molecule has 0 radical (unpaired) electrons. The zero-order valence-electron chi connectivity index (χ0n) is 10.4. The molecule has 2 aromatic carbocycles. The lowest BCUT2D eigenvalue weighted by molar-refractivity contribution is -0.118. The summed E-state index contributed by atoms with van der Waals surface area (Å²) in [5.74, 6) is -0.326. The molecule has 100 valence electrons. The van der Waals surface area contributed by atoms with Crippen molar-refractivity contribution in [1.29, 1.82) is 0 Å². The van der Waals surface area contributed by atoms with Crippen LogP contribution in [0.4, 0.5) is 4.79 Å². The topological polar surface area (TPSA) is 82.0 Å². The largest absolute Gasteiger partial charge is 0.507 e. The van der Waals surface area contributed by atoms with Gasteiger partial charge < -0.3 is 5.11 Å². The molecule has 0 unspecified atom stereocenters. The van der Waals surface area contributed by atoms with E-state index in [-0.39, 0.29) is 12.3 Å². The van der Waals surface area contributed by atoms with Gasteiger partial charge in [0.2, 0.25) is 5.91 Å². The molecule has 1 saturated heterocycles. The fourth-order valence-corrected chi connectivity index (χ4v) is 2.07. The zero-order chi connectivity index (χ0) is 14.1. The molecule has 20 heavy (non-hydrogen) atoms. The van der Waals surface area contributed by atoms with Crippen molar-refractivity contribution in [1.82, 2.24) is 10.3 Å². The minimum atomic E-state index is -0.564. The van der Waals surface area contributed by atoms with Gasteiger partial charge in [0.05, 0.1) is 6.21 Å². The Morgan fingerprint density at radius 2 is 2.00 bits per heavy atom. The van der Waals surface area contributed by atoms with Crippen LogP contribution in [0, 0.1) is 0 Å². The van der Waals surface area contributed by atoms with Gasteiger partial charge in [0.25, 0.3) is 0 Å². The maximum absolute atomic E-state index is 11.4. The fraction of sp³-hybridized carbons (Fsp3) is 0.0714. The number of phenols is 1. The van der Waals surface area contributed by atoms with Crippen LogP contribution in [-0.4, -0.2) is 34.8 Å². The summed E-state index contributed by atoms with van der Waals surface area (Å²) >= 11 is 0. The number of rotatable bonds is 2. The molecule has 0 atom stereocenters. The Kier molecular flexibility index (Phi) is 2.83. The summed E-state index contributed by atoms with van der Waals surface area (Å²) in [5.41, 5.74) is 0.509. The average Bonchev–Trinajstić information content (AvgIpc) is 2.76. The predicted molar refractivity (Wildman–Crippen MR) is 73.5 cm³/mol. The molecule has 0 bridgehead atoms. The third-order valence-corrected chi connectivity index (χ3v) is 3.05. The Bertz CT molecular complexity index is 740. The van der Waals surface area contributed by atoms with Crippen molar-refractivity contribution in [2.45, 2.75) is 0 Å². The molecule has 0 aromatic heterocycles. The van der Waals surface area contributed by atoms with Crippen molar-refractivity contribution in [3.05, 3.63) is 42.0 Å². The number of benzene rings is 2. The summed E-state index contributed by atoms with van der Waals surface area (Å²) in [7, 11) is 0. The number of carbonyl (C=O) groups is 2. The number of hydrogen-bond acceptors (Lipinski definition) is 4. The standard InChI is InChI=1S/C14H11N3O3/c18-12-6-5-9-3-1-2-4-10(9)11(12)7-15-17-8-13(19)16-14(17)20/h1-7,18H,8H2,(H,16,19,20). The first kappa shape index (κ1) is 12.2. The van der Waals surface area contributed by atoms with Crippen LogP contribution in [0.3, 0.4) is 0 Å². The summed E-state index contributed by atoms with van der Waals surface area (Å²) in [6.45, 7) is -0.110. The van der Waals surface area contributed by atoms with Gasteiger partial charge in [-0.05, 0) is 16.8 Å². The molecular formula is C14H11N3O3. The smallest absolute Gasteiger partial charge is 0.344 e. The molecule has 0 spiro atoms. The van der Waals surface area contributed by atoms with Crippen molar-refractivity contribution in [3.63, 3.8) is 0 Å². The van der Waals surface area contributed by atoms with Crippen molar-refractivity contribution >= 4 is 28.9 Å². The predicted octanol–water partition coefficient (Wildman–Crippen LogP) is 1.43. The van der Waals surface area contributed by atoms with Gasteiger partial charge in [0, 0.05) is 5.56 Å². The van der Waals surface area contributed by atoms with Crippen molar-refractivity contribution in [2.75, 3.05) is 6.54 Å². The third kappa shape index (κ3) is 2.07. The van der Waals surface area contributed by atoms with Crippen LogP contribution < -0.4 is 5.32 Å². The number of aromatic hydroxyl groups is 1. The van der Waals surface area contributed by atoms with E-state index in [0.29, 0.717) is 5.56 Å². The average molecular weight is 269 g/mol. The highest BCUT2D eigenvalue weighted by molar-refractivity contribution is 6.04. The lowest BCUT2D eigenvalue weighted by Crippen LogP contribution is -2.24. The van der Waals surface area contributed by atoms with Gasteiger partial charge in [0.1, 0.15) is 12.3 Å². The Hall–Kier alpha value is -2.89. The molecule has 2 aromatic rings. The third-order valence-electron chi connectivity index (χ3n) is 3.05. The van der Waals surface area contributed by atoms with Gasteiger partial charge in [-0.3, -0.25) is 10.1 Å². The van der Waals surface area contributed by atoms with E-state index in [9.17, 15) is 14.7 Å². The van der Waals surface area contributed by atoms with Gasteiger partial charge in [-0.25, -0.2) is 9.80 Å². The molecule has 3 rings (SSSR count). The monoisotopic (exact) mass is 269 g/mol. The zero-order valence-corrected chi connectivity index (χ0v) is 10.4. The van der Waals surface area contributed by atoms with E-state index in [0.717, 1.165) is 15.8 Å². The van der Waals surface area contributed by atoms with Gasteiger partial charge in [0.15, 0.2) is 0 Å². The molecule has 1 fully saturated rings. The first-order valence-electron chi connectivity index (χ1n) is 6.01. The number of amides is 3. The number of urea groups is 1. The van der Waals surface area contributed by atoms with Gasteiger partial charge in [-0.15, -0.1) is 0 Å². The normalized spacial score (nSPS) is 15.3. The Balaban J connectivity index is 2.00. The number of phenolic OH excluding ortho intramolecular Hbond substituents is 1. The van der Waals surface area contributed by atoms with Crippen molar-refractivity contribution in [2.24, 2.45) is 5.10 Å².